The third-order valence-corrected chi connectivity index (χ3v) is 4.68. The fourth-order valence-corrected chi connectivity index (χ4v) is 3.24. The summed E-state index contributed by atoms with van der Waals surface area (Å²) in [4.78, 5) is 5.00. The summed E-state index contributed by atoms with van der Waals surface area (Å²) in [6, 6.07) is 15.1. The lowest BCUT2D eigenvalue weighted by molar-refractivity contribution is 0.249. The van der Waals surface area contributed by atoms with E-state index in [1.807, 2.05) is 6.07 Å². The Labute approximate surface area is 139 Å². The molecule has 0 amide bonds. The van der Waals surface area contributed by atoms with Gasteiger partial charge in [0.2, 0.25) is 0 Å². The highest BCUT2D eigenvalue weighted by Gasteiger charge is 2.18. The Morgan fingerprint density at radius 2 is 1.74 bits per heavy atom. The van der Waals surface area contributed by atoms with Gasteiger partial charge >= 0.3 is 0 Å². The van der Waals surface area contributed by atoms with Crippen LogP contribution >= 0.6 is 0 Å². The van der Waals surface area contributed by atoms with Crippen LogP contribution in [0.2, 0.25) is 0 Å². The van der Waals surface area contributed by atoms with E-state index < -0.39 is 0 Å². The molecule has 0 radical (unpaired) electrons. The minimum Gasteiger partial charge on any atom is -0.497 e. The van der Waals surface area contributed by atoms with Gasteiger partial charge in [-0.1, -0.05) is 29.8 Å². The summed E-state index contributed by atoms with van der Waals surface area (Å²) in [5.74, 6) is 0.931. The number of piperazine rings is 1. The fraction of sp³-hybridized carbons (Fsp3) is 0.400. The molecule has 1 fully saturated rings. The smallest absolute Gasteiger partial charge is 0.120 e. The van der Waals surface area contributed by atoms with Crippen LogP contribution < -0.4 is 9.64 Å². The largest absolute Gasteiger partial charge is 0.497 e. The van der Waals surface area contributed by atoms with E-state index in [9.17, 15) is 0 Å². The number of ether oxygens (including phenoxy) is 1. The number of hydrogen-bond donors (Lipinski definition) is 0. The monoisotopic (exact) mass is 310 g/mol. The van der Waals surface area contributed by atoms with Gasteiger partial charge < -0.3 is 9.64 Å². The third-order valence-electron chi connectivity index (χ3n) is 4.68. The minimum atomic E-state index is 0.931. The van der Waals surface area contributed by atoms with Gasteiger partial charge in [-0.05, 0) is 37.1 Å². The third kappa shape index (κ3) is 3.85. The van der Waals surface area contributed by atoms with Crippen LogP contribution in [0.25, 0.3) is 0 Å². The first kappa shape index (κ1) is 15.9. The molecule has 1 saturated heterocycles. The molecule has 1 aliphatic rings. The zero-order valence-electron chi connectivity index (χ0n) is 14.4. The maximum absolute atomic E-state index is 5.33. The van der Waals surface area contributed by atoms with E-state index in [0.717, 1.165) is 38.5 Å². The molecule has 3 nitrogen and oxygen atoms in total. The van der Waals surface area contributed by atoms with Crippen LogP contribution in [0.5, 0.6) is 5.75 Å². The summed E-state index contributed by atoms with van der Waals surface area (Å²) in [5.41, 5.74) is 5.45. The first-order valence-electron chi connectivity index (χ1n) is 8.33. The van der Waals surface area contributed by atoms with E-state index in [2.05, 4.69) is 60.0 Å². The molecule has 0 saturated carbocycles. The van der Waals surface area contributed by atoms with Gasteiger partial charge in [0.1, 0.15) is 5.75 Å². The highest BCUT2D eigenvalue weighted by atomic mass is 16.5. The SMILES string of the molecule is COc1cccc(N2CCN(Cc3ccc(C)cc3C)CC2)c1. The van der Waals surface area contributed by atoms with Gasteiger partial charge in [-0.25, -0.2) is 0 Å². The number of methoxy groups -OCH3 is 1. The van der Waals surface area contributed by atoms with Crippen LogP contribution in [0.3, 0.4) is 0 Å². The molecule has 0 atom stereocenters. The molecule has 3 heteroatoms. The number of benzene rings is 2. The fourth-order valence-electron chi connectivity index (χ4n) is 3.24. The Balaban J connectivity index is 1.59. The Morgan fingerprint density at radius 3 is 2.43 bits per heavy atom. The van der Waals surface area contributed by atoms with E-state index in [4.69, 9.17) is 4.74 Å². The van der Waals surface area contributed by atoms with E-state index in [1.54, 1.807) is 7.11 Å². The van der Waals surface area contributed by atoms with E-state index in [-0.39, 0.29) is 0 Å². The molecule has 23 heavy (non-hydrogen) atoms. The van der Waals surface area contributed by atoms with Crippen LogP contribution in [-0.4, -0.2) is 38.2 Å². The molecule has 2 aromatic rings. The first-order chi connectivity index (χ1) is 11.2. The average molecular weight is 310 g/mol. The van der Waals surface area contributed by atoms with Gasteiger partial charge in [0.15, 0.2) is 0 Å². The van der Waals surface area contributed by atoms with Gasteiger partial charge in [0, 0.05) is 44.5 Å². The van der Waals surface area contributed by atoms with Crippen molar-refractivity contribution in [1.82, 2.24) is 4.90 Å². The minimum absolute atomic E-state index is 0.931. The van der Waals surface area contributed by atoms with E-state index in [0.29, 0.717) is 0 Å². The Morgan fingerprint density at radius 1 is 0.957 bits per heavy atom. The zero-order chi connectivity index (χ0) is 16.2. The van der Waals surface area contributed by atoms with Crippen molar-refractivity contribution in [3.8, 4) is 5.75 Å². The second kappa shape index (κ2) is 7.05. The number of anilines is 1. The van der Waals surface area contributed by atoms with Crippen molar-refractivity contribution in [1.29, 1.82) is 0 Å². The molecule has 0 spiro atoms. The molecule has 1 aliphatic heterocycles. The highest BCUT2D eigenvalue weighted by Crippen LogP contribution is 2.23. The van der Waals surface area contributed by atoms with Crippen LogP contribution in [0, 0.1) is 13.8 Å². The molecule has 0 aromatic heterocycles. The molecule has 0 bridgehead atoms. The topological polar surface area (TPSA) is 15.7 Å². The second-order valence-corrected chi connectivity index (χ2v) is 6.39. The van der Waals surface area contributed by atoms with Crippen molar-refractivity contribution in [3.05, 3.63) is 59.2 Å². The summed E-state index contributed by atoms with van der Waals surface area (Å²) in [5, 5.41) is 0. The number of nitrogens with zero attached hydrogens (tertiary/aromatic N) is 2. The van der Waals surface area contributed by atoms with Crippen LogP contribution in [-0.2, 0) is 6.54 Å². The number of rotatable bonds is 4. The van der Waals surface area contributed by atoms with Crippen LogP contribution in [0.1, 0.15) is 16.7 Å². The summed E-state index contributed by atoms with van der Waals surface area (Å²) >= 11 is 0. The summed E-state index contributed by atoms with van der Waals surface area (Å²) in [7, 11) is 1.72. The molecular weight excluding hydrogens is 284 g/mol. The van der Waals surface area contributed by atoms with Crippen molar-refractivity contribution in [2.24, 2.45) is 0 Å². The van der Waals surface area contributed by atoms with Crippen molar-refractivity contribution < 1.29 is 4.74 Å². The van der Waals surface area contributed by atoms with Crippen molar-refractivity contribution in [2.75, 3.05) is 38.2 Å². The molecule has 0 unspecified atom stereocenters. The van der Waals surface area contributed by atoms with Crippen molar-refractivity contribution >= 4 is 5.69 Å². The van der Waals surface area contributed by atoms with Gasteiger partial charge in [0.25, 0.3) is 0 Å². The van der Waals surface area contributed by atoms with Crippen molar-refractivity contribution in [3.63, 3.8) is 0 Å². The van der Waals surface area contributed by atoms with Gasteiger partial charge in [-0.3, -0.25) is 4.90 Å². The zero-order valence-corrected chi connectivity index (χ0v) is 14.4. The Kier molecular flexibility index (Phi) is 4.87. The second-order valence-electron chi connectivity index (χ2n) is 6.39. The Hall–Kier alpha value is -2.00. The van der Waals surface area contributed by atoms with E-state index in [1.165, 1.54) is 22.4 Å². The van der Waals surface area contributed by atoms with E-state index >= 15 is 0 Å². The van der Waals surface area contributed by atoms with Gasteiger partial charge in [0.05, 0.1) is 7.11 Å². The summed E-state index contributed by atoms with van der Waals surface area (Å²) in [6.45, 7) is 9.77. The predicted molar refractivity (Wildman–Crippen MR) is 96.4 cm³/mol. The normalized spacial score (nSPS) is 15.7. The lowest BCUT2D eigenvalue weighted by atomic mass is 10.1. The molecule has 0 N–H and O–H groups in total. The van der Waals surface area contributed by atoms with Crippen LogP contribution in [0.15, 0.2) is 42.5 Å². The first-order valence-corrected chi connectivity index (χ1v) is 8.33. The standard InChI is InChI=1S/C20H26N2O/c1-16-7-8-18(17(2)13-16)15-21-9-11-22(12-10-21)19-5-4-6-20(14-19)23-3/h4-8,13-14H,9-12,15H2,1-3H3. The lowest BCUT2D eigenvalue weighted by Gasteiger charge is -2.36. The highest BCUT2D eigenvalue weighted by molar-refractivity contribution is 5.51. The summed E-state index contributed by atoms with van der Waals surface area (Å²) < 4.78 is 5.33. The van der Waals surface area contributed by atoms with Crippen LogP contribution in [0.4, 0.5) is 5.69 Å². The maximum atomic E-state index is 5.33. The average Bonchev–Trinajstić information content (AvgIpc) is 2.58. The number of aryl methyl sites for hydroxylation is 2. The molecule has 122 valence electrons. The molecule has 1 heterocycles. The quantitative estimate of drug-likeness (QED) is 0.857. The molecule has 3 rings (SSSR count). The predicted octanol–water partition coefficient (Wildman–Crippen LogP) is 3.63. The molecular formula is C20H26N2O. The Bertz CT molecular complexity index is 660. The number of hydrogen-bond acceptors (Lipinski definition) is 3. The van der Waals surface area contributed by atoms with Crippen molar-refractivity contribution in [2.45, 2.75) is 20.4 Å². The maximum Gasteiger partial charge on any atom is 0.120 e. The lowest BCUT2D eigenvalue weighted by Crippen LogP contribution is -2.46. The van der Waals surface area contributed by atoms with Gasteiger partial charge in [-0.2, -0.15) is 0 Å². The molecule has 2 aromatic carbocycles. The van der Waals surface area contributed by atoms with Gasteiger partial charge in [-0.15, -0.1) is 0 Å². The summed E-state index contributed by atoms with van der Waals surface area (Å²) in [6.07, 6.45) is 0. The molecule has 0 aliphatic carbocycles.